The fraction of sp³-hybridized carbons (Fsp3) is 0.800. The van der Waals surface area contributed by atoms with Gasteiger partial charge in [-0.2, -0.15) is 13.2 Å². The van der Waals surface area contributed by atoms with E-state index in [-0.39, 0.29) is 39.3 Å². The molecule has 0 aromatic heterocycles. The fourth-order valence-corrected chi connectivity index (χ4v) is 1.77. The largest absolute Gasteiger partial charge is 0.401 e. The quantitative estimate of drug-likeness (QED) is 0.635. The van der Waals surface area contributed by atoms with Gasteiger partial charge in [-0.15, -0.1) is 0 Å². The van der Waals surface area contributed by atoms with Crippen LogP contribution >= 0.6 is 0 Å². The molecule has 0 radical (unpaired) electrons. The Hall–Kier alpha value is -1.35. The topological polar surface area (TPSA) is 78.7 Å². The van der Waals surface area contributed by atoms with Crippen LogP contribution in [0.3, 0.4) is 0 Å². The number of hydrogen-bond donors (Lipinski definition) is 2. The third-order valence-electron chi connectivity index (χ3n) is 2.69. The first-order chi connectivity index (χ1) is 8.83. The highest BCUT2D eigenvalue weighted by Crippen LogP contribution is 2.17. The van der Waals surface area contributed by atoms with E-state index in [1.807, 2.05) is 0 Å². The molecule has 2 amide bonds. The van der Waals surface area contributed by atoms with Crippen molar-refractivity contribution in [3.8, 4) is 0 Å². The molecule has 110 valence electrons. The van der Waals surface area contributed by atoms with Gasteiger partial charge in [-0.05, 0) is 0 Å². The number of nitrogens with one attached hydrogen (secondary N) is 1. The Bertz CT molecular complexity index is 327. The summed E-state index contributed by atoms with van der Waals surface area (Å²) in [7, 11) is 0. The van der Waals surface area contributed by atoms with Crippen LogP contribution in [0.4, 0.5) is 13.2 Å². The van der Waals surface area contributed by atoms with Crippen molar-refractivity contribution in [1.82, 2.24) is 15.1 Å². The van der Waals surface area contributed by atoms with Crippen LogP contribution < -0.4 is 11.1 Å². The van der Waals surface area contributed by atoms with Gasteiger partial charge in [-0.1, -0.05) is 0 Å². The zero-order valence-electron chi connectivity index (χ0n) is 10.4. The summed E-state index contributed by atoms with van der Waals surface area (Å²) >= 11 is 0. The van der Waals surface area contributed by atoms with E-state index in [0.717, 1.165) is 0 Å². The lowest BCUT2D eigenvalue weighted by molar-refractivity contribution is -0.155. The normalized spacial score (nSPS) is 17.4. The molecule has 0 saturated carbocycles. The molecular weight excluding hydrogens is 265 g/mol. The van der Waals surface area contributed by atoms with Crippen molar-refractivity contribution in [1.29, 1.82) is 0 Å². The Labute approximate surface area is 108 Å². The van der Waals surface area contributed by atoms with Crippen molar-refractivity contribution < 1.29 is 22.8 Å². The van der Waals surface area contributed by atoms with Crippen molar-refractivity contribution in [2.24, 2.45) is 5.73 Å². The molecule has 1 fully saturated rings. The second-order valence-electron chi connectivity index (χ2n) is 4.23. The van der Waals surface area contributed by atoms with Crippen LogP contribution in [0.1, 0.15) is 0 Å². The second kappa shape index (κ2) is 6.71. The molecule has 1 aliphatic rings. The Morgan fingerprint density at radius 1 is 1.16 bits per heavy atom. The molecule has 1 saturated heterocycles. The van der Waals surface area contributed by atoms with Gasteiger partial charge in [-0.25, -0.2) is 0 Å². The summed E-state index contributed by atoms with van der Waals surface area (Å²) in [6, 6.07) is 0. The number of halogens is 3. The molecule has 1 rings (SSSR count). The summed E-state index contributed by atoms with van der Waals surface area (Å²) in [5, 5.41) is 2.33. The van der Waals surface area contributed by atoms with Gasteiger partial charge in [0, 0.05) is 39.3 Å². The molecule has 9 heteroatoms. The molecule has 0 aromatic carbocycles. The van der Waals surface area contributed by atoms with E-state index in [2.05, 4.69) is 5.32 Å². The monoisotopic (exact) mass is 282 g/mol. The first-order valence-electron chi connectivity index (χ1n) is 5.90. The van der Waals surface area contributed by atoms with Gasteiger partial charge >= 0.3 is 18.0 Å². The van der Waals surface area contributed by atoms with E-state index in [9.17, 15) is 22.8 Å². The average Bonchev–Trinajstić information content (AvgIpc) is 2.34. The number of carbonyl (C=O) groups excluding carboxylic acids is 2. The summed E-state index contributed by atoms with van der Waals surface area (Å²) in [4.78, 5) is 25.4. The minimum absolute atomic E-state index is 0.107. The number of rotatable bonds is 3. The first-order valence-corrected chi connectivity index (χ1v) is 5.90. The highest BCUT2D eigenvalue weighted by Gasteiger charge is 2.33. The van der Waals surface area contributed by atoms with E-state index in [1.54, 1.807) is 0 Å². The molecule has 0 bridgehead atoms. The number of nitrogens with zero attached hydrogens (tertiary/aromatic N) is 2. The van der Waals surface area contributed by atoms with Crippen molar-refractivity contribution in [3.05, 3.63) is 0 Å². The van der Waals surface area contributed by atoms with Gasteiger partial charge < -0.3 is 16.0 Å². The molecule has 0 aliphatic carbocycles. The number of amides is 2. The van der Waals surface area contributed by atoms with Crippen LogP contribution in [-0.4, -0.2) is 73.6 Å². The summed E-state index contributed by atoms with van der Waals surface area (Å²) < 4.78 is 36.5. The smallest absolute Gasteiger partial charge is 0.347 e. The van der Waals surface area contributed by atoms with Crippen LogP contribution in [-0.2, 0) is 9.59 Å². The molecule has 1 heterocycles. The molecule has 19 heavy (non-hydrogen) atoms. The number of alkyl halides is 3. The van der Waals surface area contributed by atoms with Crippen LogP contribution in [0.2, 0.25) is 0 Å². The number of nitrogens with two attached hydrogens (primary N) is 1. The first kappa shape index (κ1) is 15.7. The molecule has 6 nitrogen and oxygen atoms in total. The summed E-state index contributed by atoms with van der Waals surface area (Å²) in [5.41, 5.74) is 5.18. The maximum absolute atomic E-state index is 12.2. The molecule has 1 aliphatic heterocycles. The van der Waals surface area contributed by atoms with Gasteiger partial charge in [0.25, 0.3) is 0 Å². The lowest BCUT2D eigenvalue weighted by Gasteiger charge is -2.34. The predicted octanol–water partition coefficient (Wildman–Crippen LogP) is -1.23. The number of hydrogen-bond acceptors (Lipinski definition) is 4. The van der Waals surface area contributed by atoms with Crippen molar-refractivity contribution in [2.75, 3.05) is 45.8 Å². The molecular formula is C10H17F3N4O2. The molecule has 0 aromatic rings. The third kappa shape index (κ3) is 5.43. The van der Waals surface area contributed by atoms with E-state index < -0.39 is 24.5 Å². The van der Waals surface area contributed by atoms with Crippen LogP contribution in [0, 0.1) is 0 Å². The maximum atomic E-state index is 12.2. The van der Waals surface area contributed by atoms with Crippen LogP contribution in [0.25, 0.3) is 0 Å². The van der Waals surface area contributed by atoms with Gasteiger partial charge in [0.1, 0.15) is 0 Å². The molecule has 3 N–H and O–H groups in total. The lowest BCUT2D eigenvalue weighted by atomic mass is 10.3. The summed E-state index contributed by atoms with van der Waals surface area (Å²) in [5.74, 6) is -1.49. The predicted molar refractivity (Wildman–Crippen MR) is 61.1 cm³/mol. The van der Waals surface area contributed by atoms with Crippen molar-refractivity contribution in [3.63, 3.8) is 0 Å². The summed E-state index contributed by atoms with van der Waals surface area (Å²) in [6.07, 6.45) is -4.25. The standard InChI is InChI=1S/C10H17F3N4O2/c11-10(12,13)7-16-3-5-17(6-4-16)9(19)8(18)15-2-1-14/h1-7,14H2,(H,15,18). The highest BCUT2D eigenvalue weighted by molar-refractivity contribution is 6.35. The summed E-state index contributed by atoms with van der Waals surface area (Å²) in [6.45, 7) is -0.133. The van der Waals surface area contributed by atoms with Crippen molar-refractivity contribution in [2.45, 2.75) is 6.18 Å². The van der Waals surface area contributed by atoms with Crippen LogP contribution in [0.5, 0.6) is 0 Å². The lowest BCUT2D eigenvalue weighted by Crippen LogP contribution is -2.54. The number of carbonyl (C=O) groups is 2. The van der Waals surface area contributed by atoms with E-state index in [0.29, 0.717) is 0 Å². The van der Waals surface area contributed by atoms with Crippen molar-refractivity contribution >= 4 is 11.8 Å². The third-order valence-corrected chi connectivity index (χ3v) is 2.69. The number of piperazine rings is 1. The van der Waals surface area contributed by atoms with Gasteiger partial charge in [0.05, 0.1) is 6.54 Å². The zero-order chi connectivity index (χ0) is 14.5. The Kier molecular flexibility index (Phi) is 5.55. The molecule has 0 unspecified atom stereocenters. The minimum atomic E-state index is -4.25. The van der Waals surface area contributed by atoms with Crippen LogP contribution in [0.15, 0.2) is 0 Å². The highest BCUT2D eigenvalue weighted by atomic mass is 19.4. The van der Waals surface area contributed by atoms with E-state index in [1.165, 1.54) is 9.80 Å². The average molecular weight is 282 g/mol. The van der Waals surface area contributed by atoms with Gasteiger partial charge in [-0.3, -0.25) is 14.5 Å². The Morgan fingerprint density at radius 2 is 1.74 bits per heavy atom. The molecule has 0 spiro atoms. The maximum Gasteiger partial charge on any atom is 0.401 e. The SMILES string of the molecule is NCCNC(=O)C(=O)N1CCN(CC(F)(F)F)CC1. The minimum Gasteiger partial charge on any atom is -0.347 e. The van der Waals surface area contributed by atoms with Gasteiger partial charge in [0.15, 0.2) is 0 Å². The van der Waals surface area contributed by atoms with E-state index in [4.69, 9.17) is 5.73 Å². The Balaban J connectivity index is 2.37. The second-order valence-corrected chi connectivity index (χ2v) is 4.23. The van der Waals surface area contributed by atoms with Gasteiger partial charge in [0.2, 0.25) is 0 Å². The zero-order valence-corrected chi connectivity index (χ0v) is 10.4. The fourth-order valence-electron chi connectivity index (χ4n) is 1.77. The van der Waals surface area contributed by atoms with E-state index >= 15 is 0 Å². The Morgan fingerprint density at radius 3 is 2.21 bits per heavy atom. The molecule has 0 atom stereocenters.